The zero-order chi connectivity index (χ0) is 14.6. The van der Waals surface area contributed by atoms with Crippen molar-refractivity contribution in [3.05, 3.63) is 10.7 Å². The fourth-order valence-corrected chi connectivity index (χ4v) is 2.55. The van der Waals surface area contributed by atoms with Gasteiger partial charge in [0.05, 0.1) is 0 Å². The van der Waals surface area contributed by atoms with Crippen molar-refractivity contribution in [3.63, 3.8) is 0 Å². The first-order chi connectivity index (χ1) is 8.01. The molecule has 104 valence electrons. The fourth-order valence-electron chi connectivity index (χ4n) is 1.10. The van der Waals surface area contributed by atoms with Crippen LogP contribution in [-0.2, 0) is 4.43 Å². The zero-order valence-corrected chi connectivity index (χ0v) is 15.1. The summed E-state index contributed by atoms with van der Waals surface area (Å²) in [6, 6.07) is 0. The summed E-state index contributed by atoms with van der Waals surface area (Å²) in [6.45, 7) is 18.5. The minimum absolute atomic E-state index is 0.133. The molecule has 0 aliphatic carbocycles. The van der Waals surface area contributed by atoms with Gasteiger partial charge in [-0.15, -0.1) is 0 Å². The third kappa shape index (κ3) is 5.59. The molecule has 1 atom stereocenters. The highest BCUT2D eigenvalue weighted by Crippen LogP contribution is 2.37. The van der Waals surface area contributed by atoms with Gasteiger partial charge < -0.3 is 4.43 Å². The lowest BCUT2D eigenvalue weighted by Crippen LogP contribution is -2.44. The Balaban J connectivity index is 4.95. The Labute approximate surface area is 121 Å². The van der Waals surface area contributed by atoms with Gasteiger partial charge in [0.25, 0.3) is 0 Å². The van der Waals surface area contributed by atoms with Crippen LogP contribution < -0.4 is 0 Å². The summed E-state index contributed by atoms with van der Waals surface area (Å²) in [4.78, 5) is 8.24. The Bertz CT molecular complexity index is 352. The number of nitrogens with zero attached hydrogens (tertiary/aromatic N) is 2. The van der Waals surface area contributed by atoms with Crippen molar-refractivity contribution in [2.24, 2.45) is 9.98 Å². The molecule has 18 heavy (non-hydrogen) atoms. The Morgan fingerprint density at radius 1 is 1.39 bits per heavy atom. The minimum Gasteiger partial charge on any atom is -0.407 e. The SMILES string of the molecule is C=NC(=N/C=C(\C)Br)C(C)O[Si](C)(C)C(C)(C)C. The van der Waals surface area contributed by atoms with Crippen LogP contribution in [-0.4, -0.2) is 27.0 Å². The lowest BCUT2D eigenvalue weighted by molar-refractivity contribution is 0.258. The lowest BCUT2D eigenvalue weighted by Gasteiger charge is -2.38. The van der Waals surface area contributed by atoms with E-state index in [1.807, 2.05) is 13.8 Å². The Morgan fingerprint density at radius 3 is 2.22 bits per heavy atom. The molecule has 0 aromatic heterocycles. The smallest absolute Gasteiger partial charge is 0.193 e. The first-order valence-corrected chi connectivity index (χ1v) is 9.76. The summed E-state index contributed by atoms with van der Waals surface area (Å²) < 4.78 is 7.16. The van der Waals surface area contributed by atoms with Crippen LogP contribution in [0.15, 0.2) is 20.7 Å². The molecule has 0 saturated heterocycles. The quantitative estimate of drug-likeness (QED) is 0.415. The molecule has 0 N–H and O–H groups in total. The second-order valence-corrected chi connectivity index (χ2v) is 11.9. The predicted octanol–water partition coefficient (Wildman–Crippen LogP) is 4.75. The third-order valence-electron chi connectivity index (χ3n) is 3.18. The van der Waals surface area contributed by atoms with E-state index in [9.17, 15) is 0 Å². The van der Waals surface area contributed by atoms with Crippen LogP contribution >= 0.6 is 15.9 Å². The summed E-state index contributed by atoms with van der Waals surface area (Å²) in [7, 11) is -1.80. The van der Waals surface area contributed by atoms with E-state index in [0.29, 0.717) is 5.84 Å². The van der Waals surface area contributed by atoms with Crippen molar-refractivity contribution in [2.45, 2.75) is 58.9 Å². The van der Waals surface area contributed by atoms with Gasteiger partial charge in [-0.2, -0.15) is 0 Å². The predicted molar refractivity (Wildman–Crippen MR) is 87.4 cm³/mol. The van der Waals surface area contributed by atoms with E-state index in [0.717, 1.165) is 4.48 Å². The number of hydrogen-bond donors (Lipinski definition) is 0. The van der Waals surface area contributed by atoms with E-state index in [1.165, 1.54) is 0 Å². The summed E-state index contributed by atoms with van der Waals surface area (Å²) >= 11 is 3.33. The number of amidine groups is 1. The molecule has 5 heteroatoms. The van der Waals surface area contributed by atoms with Crippen LogP contribution in [0.1, 0.15) is 34.6 Å². The largest absolute Gasteiger partial charge is 0.407 e. The molecule has 0 aromatic carbocycles. The average molecular weight is 333 g/mol. The van der Waals surface area contributed by atoms with Crippen LogP contribution in [0.4, 0.5) is 0 Å². The van der Waals surface area contributed by atoms with Gasteiger partial charge in [-0.05, 0) is 38.7 Å². The molecule has 0 heterocycles. The zero-order valence-electron chi connectivity index (χ0n) is 12.5. The fraction of sp³-hybridized carbons (Fsp3) is 0.692. The highest BCUT2D eigenvalue weighted by molar-refractivity contribution is 9.11. The maximum atomic E-state index is 6.22. The first kappa shape index (κ1) is 17.7. The molecule has 0 bridgehead atoms. The molecule has 0 amide bonds. The highest BCUT2D eigenvalue weighted by atomic mass is 79.9. The van der Waals surface area contributed by atoms with Crippen LogP contribution in [0.5, 0.6) is 0 Å². The third-order valence-corrected chi connectivity index (χ3v) is 7.94. The van der Waals surface area contributed by atoms with Crippen molar-refractivity contribution >= 4 is 36.8 Å². The minimum atomic E-state index is -1.80. The van der Waals surface area contributed by atoms with Gasteiger partial charge in [0, 0.05) is 10.7 Å². The molecule has 0 aliphatic rings. The van der Waals surface area contributed by atoms with E-state index in [2.05, 4.69) is 66.5 Å². The summed E-state index contributed by atoms with van der Waals surface area (Å²) in [5.74, 6) is 0.624. The van der Waals surface area contributed by atoms with E-state index >= 15 is 0 Å². The number of hydrogen-bond acceptors (Lipinski definition) is 2. The highest BCUT2D eigenvalue weighted by Gasteiger charge is 2.39. The van der Waals surface area contributed by atoms with Gasteiger partial charge >= 0.3 is 0 Å². The maximum Gasteiger partial charge on any atom is 0.193 e. The Morgan fingerprint density at radius 2 is 1.89 bits per heavy atom. The van der Waals surface area contributed by atoms with Gasteiger partial charge in [0.15, 0.2) is 14.2 Å². The van der Waals surface area contributed by atoms with Gasteiger partial charge in [-0.1, -0.05) is 36.7 Å². The first-order valence-electron chi connectivity index (χ1n) is 6.06. The van der Waals surface area contributed by atoms with Crippen LogP contribution in [0, 0.1) is 0 Å². The normalized spacial score (nSPS) is 16.7. The second-order valence-electron chi connectivity index (χ2n) is 5.88. The van der Waals surface area contributed by atoms with E-state index in [1.54, 1.807) is 6.20 Å². The number of halogens is 1. The molecule has 0 rings (SSSR count). The average Bonchev–Trinajstić information content (AvgIpc) is 2.15. The van der Waals surface area contributed by atoms with E-state index in [4.69, 9.17) is 4.43 Å². The lowest BCUT2D eigenvalue weighted by atomic mass is 10.2. The summed E-state index contributed by atoms with van der Waals surface area (Å²) in [5.41, 5.74) is 0. The molecular weight excluding hydrogens is 308 g/mol. The number of rotatable bonds is 4. The number of aliphatic imine (C=N–C) groups is 2. The van der Waals surface area contributed by atoms with Crippen molar-refractivity contribution in [1.29, 1.82) is 0 Å². The molecule has 0 saturated carbocycles. The molecule has 0 spiro atoms. The van der Waals surface area contributed by atoms with Crippen LogP contribution in [0.25, 0.3) is 0 Å². The van der Waals surface area contributed by atoms with Gasteiger partial charge in [-0.3, -0.25) is 0 Å². The number of allylic oxidation sites excluding steroid dienone is 1. The van der Waals surface area contributed by atoms with Crippen molar-refractivity contribution in [2.75, 3.05) is 0 Å². The topological polar surface area (TPSA) is 34.0 Å². The van der Waals surface area contributed by atoms with Gasteiger partial charge in [0.2, 0.25) is 0 Å². The molecule has 0 aliphatic heterocycles. The second kappa shape index (κ2) is 6.77. The van der Waals surface area contributed by atoms with E-state index < -0.39 is 8.32 Å². The van der Waals surface area contributed by atoms with Gasteiger partial charge in [0.1, 0.15) is 6.10 Å². The monoisotopic (exact) mass is 332 g/mol. The molecule has 0 radical (unpaired) electrons. The van der Waals surface area contributed by atoms with Crippen LogP contribution in [0.3, 0.4) is 0 Å². The summed E-state index contributed by atoms with van der Waals surface area (Å²) in [6.07, 6.45) is 1.58. The van der Waals surface area contributed by atoms with E-state index in [-0.39, 0.29) is 11.1 Å². The standard InChI is InChI=1S/C13H25BrN2OSi/c1-10(14)9-16-12(15-6)11(2)17-18(7,8)13(3,4)5/h9,11H,6H2,1-5,7-8H3/b10-9+,16-12?. The Hall–Kier alpha value is -0.263. The molecule has 0 fully saturated rings. The molecule has 3 nitrogen and oxygen atoms in total. The van der Waals surface area contributed by atoms with Crippen molar-refractivity contribution in [3.8, 4) is 0 Å². The Kier molecular flexibility index (Phi) is 6.67. The summed E-state index contributed by atoms with van der Waals surface area (Å²) in [5, 5.41) is 0.175. The molecule has 1 unspecified atom stereocenters. The molecule has 0 aromatic rings. The van der Waals surface area contributed by atoms with Crippen molar-refractivity contribution in [1.82, 2.24) is 0 Å². The maximum absolute atomic E-state index is 6.22. The van der Waals surface area contributed by atoms with Crippen LogP contribution in [0.2, 0.25) is 18.1 Å². The van der Waals surface area contributed by atoms with Gasteiger partial charge in [-0.25, -0.2) is 9.98 Å². The molecular formula is C13H25BrN2OSi. The van der Waals surface area contributed by atoms with Crippen molar-refractivity contribution < 1.29 is 4.43 Å².